The molecule has 9 nitrogen and oxygen atoms in total. The molecule has 0 unspecified atom stereocenters. The van der Waals surface area contributed by atoms with E-state index >= 15 is 0 Å². The highest BCUT2D eigenvalue weighted by Crippen LogP contribution is 2.41. The van der Waals surface area contributed by atoms with Crippen molar-refractivity contribution in [3.63, 3.8) is 0 Å². The number of ether oxygens (including phenoxy) is 2. The molecule has 0 aromatic heterocycles. The van der Waals surface area contributed by atoms with E-state index in [1.165, 1.54) is 6.07 Å². The molecule has 0 bridgehead atoms. The van der Waals surface area contributed by atoms with Crippen molar-refractivity contribution in [2.75, 3.05) is 6.61 Å². The summed E-state index contributed by atoms with van der Waals surface area (Å²) in [6, 6.07) is 17.9. The Morgan fingerprint density at radius 1 is 1.06 bits per heavy atom. The first-order valence-corrected chi connectivity index (χ1v) is 10.7. The first-order chi connectivity index (χ1) is 15.8. The molecule has 0 radical (unpaired) electrons. The van der Waals surface area contributed by atoms with E-state index in [1.54, 1.807) is 25.1 Å². The van der Waals surface area contributed by atoms with Crippen LogP contribution in [0.5, 0.6) is 17.2 Å². The first kappa shape index (κ1) is 23.7. The lowest BCUT2D eigenvalue weighted by molar-refractivity contribution is -0.394. The van der Waals surface area contributed by atoms with E-state index in [0.29, 0.717) is 27.1 Å². The van der Waals surface area contributed by atoms with Crippen LogP contribution in [-0.2, 0) is 0 Å². The van der Waals surface area contributed by atoms with Crippen molar-refractivity contribution in [3.8, 4) is 23.3 Å². The second-order valence-corrected chi connectivity index (χ2v) is 7.73. The molecule has 0 heterocycles. The summed E-state index contributed by atoms with van der Waals surface area (Å²) < 4.78 is 12.1. The highest BCUT2D eigenvalue weighted by molar-refractivity contribution is 14.1. The minimum Gasteiger partial charge on any atom is -0.490 e. The van der Waals surface area contributed by atoms with E-state index in [-0.39, 0.29) is 11.5 Å². The van der Waals surface area contributed by atoms with E-state index in [0.717, 1.165) is 17.7 Å². The summed E-state index contributed by atoms with van der Waals surface area (Å²) in [5.41, 5.74) is 0.929. The average molecular weight is 557 g/mol. The number of rotatable bonds is 8. The Labute approximate surface area is 202 Å². The molecule has 0 saturated heterocycles. The molecule has 0 saturated carbocycles. The molecule has 10 heteroatoms. The van der Waals surface area contributed by atoms with E-state index in [9.17, 15) is 25.5 Å². The fourth-order valence-corrected chi connectivity index (χ4v) is 3.69. The van der Waals surface area contributed by atoms with Gasteiger partial charge in [0.1, 0.15) is 0 Å². The van der Waals surface area contributed by atoms with Gasteiger partial charge in [-0.05, 0) is 64.9 Å². The number of nitro benzene ring substituents is 2. The fourth-order valence-electron chi connectivity index (χ4n) is 2.96. The minimum atomic E-state index is -0.744. The van der Waals surface area contributed by atoms with E-state index in [4.69, 9.17) is 9.47 Å². The molecule has 3 aromatic rings. The summed E-state index contributed by atoms with van der Waals surface area (Å²) in [4.78, 5) is 21.0. The quantitative estimate of drug-likeness (QED) is 0.104. The highest BCUT2D eigenvalue weighted by Gasteiger charge is 2.23. The van der Waals surface area contributed by atoms with Crippen molar-refractivity contribution in [2.45, 2.75) is 6.92 Å². The number of non-ortho nitro benzene ring substituents is 1. The minimum absolute atomic E-state index is 0.158. The molecular weight excluding hydrogens is 541 g/mol. The van der Waals surface area contributed by atoms with Crippen molar-refractivity contribution in [2.24, 2.45) is 0 Å². The maximum absolute atomic E-state index is 11.5. The number of nitro groups is 2. The Morgan fingerprint density at radius 2 is 1.79 bits per heavy atom. The van der Waals surface area contributed by atoms with Crippen LogP contribution >= 0.6 is 22.6 Å². The van der Waals surface area contributed by atoms with Crippen LogP contribution in [0.4, 0.5) is 11.4 Å². The Morgan fingerprint density at radius 3 is 2.39 bits per heavy atom. The number of benzene rings is 3. The number of hydrogen-bond acceptors (Lipinski definition) is 7. The molecule has 3 aromatic carbocycles. The van der Waals surface area contributed by atoms with Gasteiger partial charge in [-0.15, -0.1) is 0 Å². The molecule has 3 rings (SSSR count). The third-order valence-electron chi connectivity index (χ3n) is 4.41. The van der Waals surface area contributed by atoms with Crippen LogP contribution in [0.1, 0.15) is 18.1 Å². The van der Waals surface area contributed by atoms with Gasteiger partial charge in [0, 0.05) is 6.07 Å². The third-order valence-corrected chi connectivity index (χ3v) is 5.21. The number of nitrogens with zero attached hydrogens (tertiary/aromatic N) is 3. The van der Waals surface area contributed by atoms with Crippen molar-refractivity contribution >= 4 is 45.6 Å². The van der Waals surface area contributed by atoms with Gasteiger partial charge >= 0.3 is 5.69 Å². The van der Waals surface area contributed by atoms with Crippen LogP contribution in [0.15, 0.2) is 60.7 Å². The van der Waals surface area contributed by atoms with Gasteiger partial charge in [0.2, 0.25) is 5.75 Å². The van der Waals surface area contributed by atoms with Crippen LogP contribution in [0.3, 0.4) is 0 Å². The first-order valence-electron chi connectivity index (χ1n) is 9.58. The van der Waals surface area contributed by atoms with Crippen molar-refractivity contribution in [1.29, 1.82) is 5.26 Å². The van der Waals surface area contributed by atoms with Gasteiger partial charge in [-0.3, -0.25) is 20.2 Å². The van der Waals surface area contributed by atoms with Crippen LogP contribution in [0.2, 0.25) is 0 Å². The summed E-state index contributed by atoms with van der Waals surface area (Å²) >= 11 is 2.00. The Kier molecular flexibility index (Phi) is 7.57. The van der Waals surface area contributed by atoms with Gasteiger partial charge in [-0.1, -0.05) is 30.3 Å². The van der Waals surface area contributed by atoms with Crippen LogP contribution in [0, 0.1) is 35.1 Å². The van der Waals surface area contributed by atoms with Crippen LogP contribution < -0.4 is 9.47 Å². The summed E-state index contributed by atoms with van der Waals surface area (Å²) in [6.07, 6.45) is 1.71. The van der Waals surface area contributed by atoms with Crippen molar-refractivity contribution < 1.29 is 19.3 Å². The highest BCUT2D eigenvalue weighted by atomic mass is 127. The van der Waals surface area contributed by atoms with Gasteiger partial charge in [-0.25, -0.2) is 0 Å². The van der Waals surface area contributed by atoms with Crippen molar-refractivity contribution in [1.82, 2.24) is 0 Å². The second-order valence-electron chi connectivity index (χ2n) is 6.57. The molecule has 0 atom stereocenters. The van der Waals surface area contributed by atoms with Gasteiger partial charge in [-0.2, -0.15) is 5.26 Å². The zero-order valence-corrected chi connectivity index (χ0v) is 19.4. The Bertz CT molecular complexity index is 1290. The van der Waals surface area contributed by atoms with E-state index in [1.807, 2.05) is 52.9 Å². The summed E-state index contributed by atoms with van der Waals surface area (Å²) in [5, 5.41) is 32.0. The lowest BCUT2D eigenvalue weighted by Crippen LogP contribution is -2.00. The summed E-state index contributed by atoms with van der Waals surface area (Å²) in [6.45, 7) is 2.07. The normalized spacial score (nSPS) is 10.9. The number of allylic oxidation sites excluding steroid dienone is 1. The van der Waals surface area contributed by atoms with Gasteiger partial charge < -0.3 is 9.47 Å². The molecule has 0 spiro atoms. The average Bonchev–Trinajstić information content (AvgIpc) is 2.80. The lowest BCUT2D eigenvalue weighted by Gasteiger charge is -2.14. The summed E-state index contributed by atoms with van der Waals surface area (Å²) in [7, 11) is 0. The maximum atomic E-state index is 11.5. The predicted octanol–water partition coefficient (Wildman–Crippen LogP) is 6.36. The Balaban J connectivity index is 2.06. The maximum Gasteiger partial charge on any atom is 0.318 e. The predicted molar refractivity (Wildman–Crippen MR) is 130 cm³/mol. The third kappa shape index (κ3) is 5.64. The summed E-state index contributed by atoms with van der Waals surface area (Å²) in [5.74, 6) is 0.383. The standard InChI is InChI=1S/C23H16IN3O6/c1-2-32-22-12-15(10-17(14-25)16-6-4-3-5-7-16)11-19(24)23(22)33-21-9-8-18(26(28)29)13-20(21)27(30)31/h3-13H,2H2,1H3/b17-10+. The molecule has 0 fully saturated rings. The van der Waals surface area contributed by atoms with Crippen molar-refractivity contribution in [3.05, 3.63) is 95.6 Å². The molecule has 0 N–H and O–H groups in total. The largest absolute Gasteiger partial charge is 0.490 e. The van der Waals surface area contributed by atoms with Crippen LogP contribution in [-0.4, -0.2) is 16.5 Å². The van der Waals surface area contributed by atoms with E-state index in [2.05, 4.69) is 6.07 Å². The second kappa shape index (κ2) is 10.6. The number of nitriles is 1. The lowest BCUT2D eigenvalue weighted by atomic mass is 10.0. The fraction of sp³-hybridized carbons (Fsp3) is 0.0870. The van der Waals surface area contributed by atoms with Gasteiger partial charge in [0.25, 0.3) is 5.69 Å². The number of halogens is 1. The monoisotopic (exact) mass is 557 g/mol. The van der Waals surface area contributed by atoms with Crippen LogP contribution in [0.25, 0.3) is 11.6 Å². The molecule has 33 heavy (non-hydrogen) atoms. The smallest absolute Gasteiger partial charge is 0.318 e. The topological polar surface area (TPSA) is 129 Å². The van der Waals surface area contributed by atoms with E-state index < -0.39 is 21.2 Å². The molecule has 0 aliphatic heterocycles. The SMILES string of the molecule is CCOc1cc(/C=C(\C#N)c2ccccc2)cc(I)c1Oc1ccc([N+](=O)[O-])cc1[N+](=O)[O-]. The Hall–Kier alpha value is -3.98. The molecule has 0 amide bonds. The number of hydrogen-bond donors (Lipinski definition) is 0. The molecule has 166 valence electrons. The van der Waals surface area contributed by atoms with Gasteiger partial charge in [0.15, 0.2) is 11.5 Å². The molecule has 0 aliphatic rings. The molecular formula is C23H16IN3O6. The van der Waals surface area contributed by atoms with Gasteiger partial charge in [0.05, 0.1) is 37.7 Å². The molecule has 0 aliphatic carbocycles. The zero-order chi connectivity index (χ0) is 24.0. The zero-order valence-electron chi connectivity index (χ0n) is 17.2.